The quantitative estimate of drug-likeness (QED) is 0.173. The average molecular weight is 720 g/mol. The van der Waals surface area contributed by atoms with Crippen molar-refractivity contribution >= 4 is 45.9 Å². The predicted molar refractivity (Wildman–Crippen MR) is 210 cm³/mol. The van der Waals surface area contributed by atoms with Crippen molar-refractivity contribution in [3.8, 4) is 11.3 Å². The van der Waals surface area contributed by atoms with E-state index < -0.39 is 18.1 Å². The largest absolute Gasteiger partial charge is 0.360 e. The lowest BCUT2D eigenvalue weighted by Gasteiger charge is -2.31. The van der Waals surface area contributed by atoms with Crippen molar-refractivity contribution in [2.45, 2.75) is 70.1 Å². The Morgan fingerprint density at radius 3 is 2.19 bits per heavy atom. The first-order valence-electron chi connectivity index (χ1n) is 18.7. The highest BCUT2D eigenvalue weighted by Crippen LogP contribution is 2.32. The summed E-state index contributed by atoms with van der Waals surface area (Å²) in [6.07, 6.45) is 3.64. The van der Waals surface area contributed by atoms with Crippen LogP contribution >= 0.6 is 0 Å². The number of fused-ring (bicyclic) bond motifs is 1. The number of hydrogen-bond donors (Lipinski definition) is 3. The Balaban J connectivity index is 1.11. The second-order valence-corrected chi connectivity index (χ2v) is 15.3. The molecule has 2 aliphatic rings. The molecule has 2 saturated heterocycles. The van der Waals surface area contributed by atoms with Gasteiger partial charge >= 0.3 is 0 Å². The van der Waals surface area contributed by atoms with Gasteiger partial charge in [0.25, 0.3) is 0 Å². The van der Waals surface area contributed by atoms with Crippen molar-refractivity contribution < 1.29 is 19.2 Å². The molecule has 280 valence electrons. The molecule has 0 bridgehead atoms. The molecule has 2 fully saturated rings. The van der Waals surface area contributed by atoms with E-state index in [0.717, 1.165) is 52.8 Å². The highest BCUT2D eigenvalue weighted by Gasteiger charge is 2.38. The van der Waals surface area contributed by atoms with Crippen LogP contribution in [0.2, 0.25) is 0 Å². The summed E-state index contributed by atoms with van der Waals surface area (Å²) >= 11 is 0. The number of H-pyrrole nitrogens is 1. The number of nitrogens with one attached hydrogen (secondary N) is 3. The maximum absolute atomic E-state index is 13.8. The van der Waals surface area contributed by atoms with Gasteiger partial charge in [0.15, 0.2) is 0 Å². The van der Waals surface area contributed by atoms with Crippen LogP contribution in [-0.4, -0.2) is 103 Å². The van der Waals surface area contributed by atoms with Crippen LogP contribution in [-0.2, 0) is 19.2 Å². The summed E-state index contributed by atoms with van der Waals surface area (Å²) in [6, 6.07) is 23.9. The summed E-state index contributed by atoms with van der Waals surface area (Å²) in [6.45, 7) is 5.44. The zero-order valence-electron chi connectivity index (χ0n) is 31.8. The van der Waals surface area contributed by atoms with E-state index in [1.54, 1.807) is 4.90 Å². The van der Waals surface area contributed by atoms with Crippen molar-refractivity contribution in [3.63, 3.8) is 0 Å². The number of carbonyl (C=O) groups is 4. The number of nitrogens with zero attached hydrogens (tertiary/aromatic N) is 4. The molecule has 4 aromatic rings. The molecule has 0 saturated carbocycles. The van der Waals surface area contributed by atoms with E-state index in [1.807, 2.05) is 111 Å². The van der Waals surface area contributed by atoms with Crippen molar-refractivity contribution in [2.24, 2.45) is 5.92 Å². The number of likely N-dealkylation sites (tertiary alicyclic amines) is 1. The molecule has 0 unspecified atom stereocenters. The zero-order chi connectivity index (χ0) is 37.8. The second-order valence-electron chi connectivity index (χ2n) is 15.3. The first-order chi connectivity index (χ1) is 25.4. The van der Waals surface area contributed by atoms with Crippen molar-refractivity contribution in [1.82, 2.24) is 25.0 Å². The summed E-state index contributed by atoms with van der Waals surface area (Å²) in [4.78, 5) is 64.8. The SMILES string of the molecule is CC(C)C[C@H](C(=O)NC(=O)[C@@H]1CCCN1c1ccc(-c2cc3cc(NC(=O)[C@@H]4CCCN4C(=O)[C@@H](c4ccccc4)N(C)C)ccc3[nH]2)cc1)N(C)C. The molecule has 2 aliphatic heterocycles. The van der Waals surface area contributed by atoms with Crippen LogP contribution < -0.4 is 15.5 Å². The van der Waals surface area contributed by atoms with Gasteiger partial charge in [-0.25, -0.2) is 0 Å². The Bertz CT molecular complexity index is 1920. The highest BCUT2D eigenvalue weighted by atomic mass is 16.2. The Morgan fingerprint density at radius 2 is 1.51 bits per heavy atom. The number of aromatic amines is 1. The minimum Gasteiger partial charge on any atom is -0.360 e. The van der Waals surface area contributed by atoms with Gasteiger partial charge in [-0.3, -0.25) is 34.3 Å². The molecule has 0 aliphatic carbocycles. The number of aromatic nitrogens is 1. The molecule has 3 aromatic carbocycles. The van der Waals surface area contributed by atoms with Crippen LogP contribution in [0.5, 0.6) is 0 Å². The van der Waals surface area contributed by atoms with Crippen molar-refractivity contribution in [2.75, 3.05) is 51.5 Å². The molecule has 53 heavy (non-hydrogen) atoms. The van der Waals surface area contributed by atoms with E-state index in [1.165, 1.54) is 0 Å². The highest BCUT2D eigenvalue weighted by molar-refractivity contribution is 6.02. The first-order valence-corrected chi connectivity index (χ1v) is 18.7. The van der Waals surface area contributed by atoms with Gasteiger partial charge in [-0.15, -0.1) is 0 Å². The monoisotopic (exact) mass is 719 g/mol. The van der Waals surface area contributed by atoms with Gasteiger partial charge in [0.1, 0.15) is 18.1 Å². The van der Waals surface area contributed by atoms with E-state index >= 15 is 0 Å². The molecule has 6 rings (SSSR count). The number of amides is 4. The topological polar surface area (TPSA) is 121 Å². The third kappa shape index (κ3) is 8.47. The Labute approximate surface area is 312 Å². The molecule has 0 spiro atoms. The lowest BCUT2D eigenvalue weighted by atomic mass is 10.0. The predicted octanol–water partition coefficient (Wildman–Crippen LogP) is 5.66. The summed E-state index contributed by atoms with van der Waals surface area (Å²) < 4.78 is 0. The van der Waals surface area contributed by atoms with Crippen LogP contribution in [0.4, 0.5) is 11.4 Å². The normalized spacial score (nSPS) is 18.6. The second kappa shape index (κ2) is 16.3. The van der Waals surface area contributed by atoms with Crippen molar-refractivity contribution in [3.05, 3.63) is 84.4 Å². The third-order valence-corrected chi connectivity index (χ3v) is 10.5. The van der Waals surface area contributed by atoms with Gasteiger partial charge in [-0.05, 0) is 114 Å². The van der Waals surface area contributed by atoms with Gasteiger partial charge in [0.2, 0.25) is 23.6 Å². The van der Waals surface area contributed by atoms with Gasteiger partial charge in [0, 0.05) is 41.1 Å². The van der Waals surface area contributed by atoms with Crippen LogP contribution in [0.3, 0.4) is 0 Å². The molecule has 3 N–H and O–H groups in total. The smallest absolute Gasteiger partial charge is 0.249 e. The number of anilines is 2. The summed E-state index contributed by atoms with van der Waals surface area (Å²) in [5.74, 6) is -0.408. The number of rotatable bonds is 12. The number of likely N-dealkylation sites (N-methyl/N-ethyl adjacent to an activating group) is 2. The number of benzene rings is 3. The van der Waals surface area contributed by atoms with Crippen LogP contribution in [0.25, 0.3) is 22.2 Å². The number of carbonyl (C=O) groups excluding carboxylic acids is 4. The first kappa shape index (κ1) is 37.7. The average Bonchev–Trinajstić information content (AvgIpc) is 3.91. The molecule has 1 aromatic heterocycles. The molecule has 0 radical (unpaired) electrons. The zero-order valence-corrected chi connectivity index (χ0v) is 31.8. The minimum atomic E-state index is -0.536. The Hall–Kier alpha value is -5.00. The molecule has 3 heterocycles. The van der Waals surface area contributed by atoms with E-state index in [-0.39, 0.29) is 29.7 Å². The standard InChI is InChI=1S/C42H53N7O4/c1-27(2)24-37(46(3)4)41(52)45-40(51)35-14-10-22-48(35)32-19-16-28(17-20-32)34-26-30-25-31(18-21-33(30)44-34)43-39(50)36-15-11-23-49(36)42(53)38(47(5)6)29-12-8-7-9-13-29/h7-9,12-13,16-21,25-27,35-38,44H,10-11,14-15,22-24H2,1-6H3,(H,43,50)(H,45,51,52)/t35-,36-,37+,38+/m0/s1. The molecule has 4 amide bonds. The fourth-order valence-corrected chi connectivity index (χ4v) is 7.82. The van der Waals surface area contributed by atoms with E-state index in [9.17, 15) is 19.2 Å². The molecule has 11 nitrogen and oxygen atoms in total. The third-order valence-electron chi connectivity index (χ3n) is 10.5. The lowest BCUT2D eigenvalue weighted by molar-refractivity contribution is -0.140. The van der Waals surface area contributed by atoms with Gasteiger partial charge in [-0.1, -0.05) is 56.3 Å². The molecular weight excluding hydrogens is 667 g/mol. The Morgan fingerprint density at radius 1 is 0.811 bits per heavy atom. The van der Waals surface area contributed by atoms with Gasteiger partial charge in [0.05, 0.1) is 6.04 Å². The number of hydrogen-bond acceptors (Lipinski definition) is 7. The molecular formula is C42H53N7O4. The summed E-state index contributed by atoms with van der Waals surface area (Å²) in [5, 5.41) is 6.73. The van der Waals surface area contributed by atoms with Crippen LogP contribution in [0.1, 0.15) is 57.6 Å². The van der Waals surface area contributed by atoms with Crippen LogP contribution in [0, 0.1) is 5.92 Å². The Kier molecular flexibility index (Phi) is 11.6. The lowest BCUT2D eigenvalue weighted by Crippen LogP contribution is -2.51. The van der Waals surface area contributed by atoms with Gasteiger partial charge < -0.3 is 20.1 Å². The maximum Gasteiger partial charge on any atom is 0.249 e. The van der Waals surface area contributed by atoms with Gasteiger partial charge in [-0.2, -0.15) is 0 Å². The van der Waals surface area contributed by atoms with Crippen LogP contribution in [0.15, 0.2) is 78.9 Å². The van der Waals surface area contributed by atoms with E-state index in [4.69, 9.17) is 0 Å². The van der Waals surface area contributed by atoms with E-state index in [0.29, 0.717) is 37.4 Å². The summed E-state index contributed by atoms with van der Waals surface area (Å²) in [5.41, 5.74) is 5.37. The summed E-state index contributed by atoms with van der Waals surface area (Å²) in [7, 11) is 7.52. The van der Waals surface area contributed by atoms with E-state index in [2.05, 4.69) is 40.4 Å². The maximum atomic E-state index is 13.8. The molecule has 11 heteroatoms. The fourth-order valence-electron chi connectivity index (χ4n) is 7.82. The fraction of sp³-hybridized carbons (Fsp3) is 0.429. The number of imide groups is 1. The molecule has 4 atom stereocenters. The van der Waals surface area contributed by atoms with Crippen molar-refractivity contribution in [1.29, 1.82) is 0 Å². The minimum absolute atomic E-state index is 0.0653.